The van der Waals surface area contributed by atoms with Gasteiger partial charge in [-0.1, -0.05) is 23.7 Å². The summed E-state index contributed by atoms with van der Waals surface area (Å²) in [6, 6.07) is 12.7. The summed E-state index contributed by atoms with van der Waals surface area (Å²) in [6.07, 6.45) is 0.222. The van der Waals surface area contributed by atoms with E-state index in [0.717, 1.165) is 11.3 Å². The van der Waals surface area contributed by atoms with Crippen LogP contribution >= 0.6 is 11.6 Å². The largest absolute Gasteiger partial charge is 0.493 e. The average molecular weight is 372 g/mol. The van der Waals surface area contributed by atoms with E-state index >= 15 is 0 Å². The number of carbonyl (C=O) groups excluding carboxylic acids is 1. The van der Waals surface area contributed by atoms with E-state index in [2.05, 4.69) is 20.8 Å². The number of nitrogens with one attached hydrogen (secondary N) is 1. The number of benzene rings is 2. The maximum absolute atomic E-state index is 12.2. The lowest BCUT2D eigenvalue weighted by Crippen LogP contribution is -2.15. The topological polar surface area (TPSA) is 81.9 Å². The lowest BCUT2D eigenvalue weighted by atomic mass is 10.1. The lowest BCUT2D eigenvalue weighted by Gasteiger charge is -2.11. The van der Waals surface area contributed by atoms with Crippen molar-refractivity contribution < 1.29 is 9.53 Å². The number of rotatable bonds is 6. The van der Waals surface area contributed by atoms with Gasteiger partial charge in [-0.2, -0.15) is 4.68 Å². The Hall–Kier alpha value is -2.93. The Morgan fingerprint density at radius 2 is 2.08 bits per heavy atom. The summed E-state index contributed by atoms with van der Waals surface area (Å²) >= 11 is 5.90. The smallest absolute Gasteiger partial charge is 0.227 e. The number of amides is 1. The normalized spacial score (nSPS) is 10.6. The Bertz CT molecular complexity index is 925. The molecule has 134 valence electrons. The van der Waals surface area contributed by atoms with Crippen molar-refractivity contribution in [2.24, 2.45) is 0 Å². The number of aryl methyl sites for hydroxylation is 2. The highest BCUT2D eigenvalue weighted by Crippen LogP contribution is 2.20. The monoisotopic (exact) mass is 371 g/mol. The second kappa shape index (κ2) is 7.97. The first kappa shape index (κ1) is 17.9. The minimum atomic E-state index is -0.143. The third kappa shape index (κ3) is 4.37. The number of carbonyl (C=O) groups is 1. The Balaban J connectivity index is 1.60. The van der Waals surface area contributed by atoms with Gasteiger partial charge in [0, 0.05) is 10.7 Å². The highest BCUT2D eigenvalue weighted by molar-refractivity contribution is 6.30. The van der Waals surface area contributed by atoms with Crippen LogP contribution in [-0.4, -0.2) is 32.7 Å². The van der Waals surface area contributed by atoms with Crippen molar-refractivity contribution in [3.8, 4) is 11.4 Å². The number of tetrazole rings is 1. The number of halogens is 1. The molecule has 0 spiro atoms. The fourth-order valence-corrected chi connectivity index (χ4v) is 2.59. The molecule has 3 rings (SSSR count). The standard InChI is InChI=1S/C18H18ClN5O2/c1-12-6-7-15(11-17(12)24-13(2)21-22-23-24)20-18(25)8-9-26-16-5-3-4-14(19)10-16/h3-7,10-11H,8-9H2,1-2H3,(H,20,25). The molecule has 3 aromatic rings. The fourth-order valence-electron chi connectivity index (χ4n) is 2.41. The van der Waals surface area contributed by atoms with Gasteiger partial charge >= 0.3 is 0 Å². The van der Waals surface area contributed by atoms with Crippen LogP contribution in [-0.2, 0) is 4.79 Å². The zero-order valence-corrected chi connectivity index (χ0v) is 15.2. The van der Waals surface area contributed by atoms with Crippen LogP contribution in [0.1, 0.15) is 17.8 Å². The second-order valence-corrected chi connectivity index (χ2v) is 6.18. The van der Waals surface area contributed by atoms with Crippen molar-refractivity contribution in [1.82, 2.24) is 20.2 Å². The van der Waals surface area contributed by atoms with Crippen LogP contribution in [0.3, 0.4) is 0 Å². The molecule has 0 saturated heterocycles. The predicted octanol–water partition coefficient (Wildman–Crippen LogP) is 3.34. The maximum Gasteiger partial charge on any atom is 0.227 e. The molecule has 0 fully saturated rings. The van der Waals surface area contributed by atoms with Crippen LogP contribution in [0.4, 0.5) is 5.69 Å². The molecule has 0 atom stereocenters. The van der Waals surface area contributed by atoms with E-state index in [4.69, 9.17) is 16.3 Å². The fraction of sp³-hybridized carbons (Fsp3) is 0.222. The number of aromatic nitrogens is 4. The number of hydrogen-bond acceptors (Lipinski definition) is 5. The van der Waals surface area contributed by atoms with Crippen molar-refractivity contribution in [3.63, 3.8) is 0 Å². The molecule has 0 aliphatic carbocycles. The van der Waals surface area contributed by atoms with E-state index in [1.54, 1.807) is 28.9 Å². The third-order valence-electron chi connectivity index (χ3n) is 3.74. The van der Waals surface area contributed by atoms with Crippen LogP contribution in [0, 0.1) is 13.8 Å². The minimum absolute atomic E-state index is 0.143. The van der Waals surface area contributed by atoms with E-state index in [1.165, 1.54) is 0 Å². The van der Waals surface area contributed by atoms with Gasteiger partial charge in [0.1, 0.15) is 5.75 Å². The highest BCUT2D eigenvalue weighted by Gasteiger charge is 2.10. The Morgan fingerprint density at radius 1 is 1.23 bits per heavy atom. The zero-order valence-electron chi connectivity index (χ0n) is 14.4. The Labute approximate surface area is 155 Å². The molecule has 1 heterocycles. The third-order valence-corrected chi connectivity index (χ3v) is 3.98. The molecule has 0 radical (unpaired) electrons. The highest BCUT2D eigenvalue weighted by atomic mass is 35.5. The molecule has 1 N–H and O–H groups in total. The van der Waals surface area contributed by atoms with Gasteiger partial charge in [0.15, 0.2) is 5.82 Å². The first-order valence-electron chi connectivity index (χ1n) is 8.07. The zero-order chi connectivity index (χ0) is 18.5. The van der Waals surface area contributed by atoms with Gasteiger partial charge in [0.05, 0.1) is 18.7 Å². The van der Waals surface area contributed by atoms with E-state index in [9.17, 15) is 4.79 Å². The molecule has 0 bridgehead atoms. The molecular formula is C18H18ClN5O2. The maximum atomic E-state index is 12.2. The Morgan fingerprint density at radius 3 is 2.81 bits per heavy atom. The van der Waals surface area contributed by atoms with Gasteiger partial charge in [-0.05, 0) is 60.2 Å². The molecule has 0 unspecified atom stereocenters. The second-order valence-electron chi connectivity index (χ2n) is 5.74. The summed E-state index contributed by atoms with van der Waals surface area (Å²) in [4.78, 5) is 12.2. The average Bonchev–Trinajstić information content (AvgIpc) is 3.02. The van der Waals surface area contributed by atoms with Crippen LogP contribution in [0.5, 0.6) is 5.75 Å². The van der Waals surface area contributed by atoms with Gasteiger partial charge in [-0.15, -0.1) is 5.10 Å². The van der Waals surface area contributed by atoms with E-state index in [1.807, 2.05) is 32.0 Å². The summed E-state index contributed by atoms with van der Waals surface area (Å²) < 4.78 is 7.17. The molecular weight excluding hydrogens is 354 g/mol. The van der Waals surface area contributed by atoms with Crippen molar-refractivity contribution in [1.29, 1.82) is 0 Å². The van der Waals surface area contributed by atoms with Crippen LogP contribution in [0.2, 0.25) is 5.02 Å². The van der Waals surface area contributed by atoms with Crippen LogP contribution in [0.25, 0.3) is 5.69 Å². The molecule has 26 heavy (non-hydrogen) atoms. The summed E-state index contributed by atoms with van der Waals surface area (Å²) in [5.74, 6) is 1.17. The minimum Gasteiger partial charge on any atom is -0.493 e. The molecule has 2 aromatic carbocycles. The molecule has 0 aliphatic rings. The van der Waals surface area contributed by atoms with Crippen molar-refractivity contribution in [2.45, 2.75) is 20.3 Å². The van der Waals surface area contributed by atoms with Crippen LogP contribution in [0.15, 0.2) is 42.5 Å². The van der Waals surface area contributed by atoms with Gasteiger partial charge in [0.25, 0.3) is 0 Å². The van der Waals surface area contributed by atoms with Crippen LogP contribution < -0.4 is 10.1 Å². The van der Waals surface area contributed by atoms with Gasteiger partial charge < -0.3 is 10.1 Å². The van der Waals surface area contributed by atoms with Crippen molar-refractivity contribution in [2.75, 3.05) is 11.9 Å². The van der Waals surface area contributed by atoms with E-state index in [-0.39, 0.29) is 18.9 Å². The lowest BCUT2D eigenvalue weighted by molar-refractivity contribution is -0.116. The van der Waals surface area contributed by atoms with Gasteiger partial charge in [-0.3, -0.25) is 4.79 Å². The first-order valence-corrected chi connectivity index (χ1v) is 8.45. The summed E-state index contributed by atoms with van der Waals surface area (Å²) in [6.45, 7) is 4.04. The molecule has 1 amide bonds. The first-order chi connectivity index (χ1) is 12.5. The quantitative estimate of drug-likeness (QED) is 0.718. The van der Waals surface area contributed by atoms with Crippen molar-refractivity contribution in [3.05, 3.63) is 58.9 Å². The number of anilines is 1. The predicted molar refractivity (Wildman–Crippen MR) is 98.8 cm³/mol. The molecule has 1 aromatic heterocycles. The summed E-state index contributed by atoms with van der Waals surface area (Å²) in [5, 5.41) is 15.0. The number of nitrogens with zero attached hydrogens (tertiary/aromatic N) is 4. The summed E-state index contributed by atoms with van der Waals surface area (Å²) in [7, 11) is 0. The molecule has 7 nitrogen and oxygen atoms in total. The molecule has 0 saturated carbocycles. The molecule has 0 aliphatic heterocycles. The van der Waals surface area contributed by atoms with E-state index in [0.29, 0.717) is 22.3 Å². The molecule has 8 heteroatoms. The number of ether oxygens (including phenoxy) is 1. The van der Waals surface area contributed by atoms with Gasteiger partial charge in [0.2, 0.25) is 5.91 Å². The Kier molecular flexibility index (Phi) is 5.48. The number of hydrogen-bond donors (Lipinski definition) is 1. The summed E-state index contributed by atoms with van der Waals surface area (Å²) in [5.41, 5.74) is 2.50. The van der Waals surface area contributed by atoms with E-state index < -0.39 is 0 Å². The van der Waals surface area contributed by atoms with Gasteiger partial charge in [-0.25, -0.2) is 0 Å². The SMILES string of the molecule is Cc1ccc(NC(=O)CCOc2cccc(Cl)c2)cc1-n1nnnc1C. The van der Waals surface area contributed by atoms with Crippen molar-refractivity contribution >= 4 is 23.2 Å².